The van der Waals surface area contributed by atoms with E-state index < -0.39 is 0 Å². The highest BCUT2D eigenvalue weighted by molar-refractivity contribution is 7.13. The van der Waals surface area contributed by atoms with Crippen LogP contribution in [0.4, 0.5) is 0 Å². The first-order chi connectivity index (χ1) is 12.4. The molecule has 1 amide bonds. The van der Waals surface area contributed by atoms with E-state index in [0.717, 1.165) is 28.5 Å². The zero-order chi connectivity index (χ0) is 18.7. The molecule has 3 rings (SSSR count). The Morgan fingerprint density at radius 2 is 1.92 bits per heavy atom. The monoisotopic (exact) mass is 368 g/mol. The average molecular weight is 369 g/mol. The molecule has 2 aromatic heterocycles. The number of rotatable bonds is 5. The van der Waals surface area contributed by atoms with Crippen molar-refractivity contribution in [2.45, 2.75) is 45.6 Å². The third kappa shape index (κ3) is 4.02. The molecule has 0 saturated carbocycles. The SMILES string of the molecule is CCC(NC(=O)c1cnc(C(C)(C)C)s1)c1ncc(-c2ccccc2)[nH]1. The van der Waals surface area contributed by atoms with Crippen molar-refractivity contribution in [3.63, 3.8) is 0 Å². The number of nitrogens with one attached hydrogen (secondary N) is 2. The highest BCUT2D eigenvalue weighted by Gasteiger charge is 2.22. The molecule has 5 nitrogen and oxygen atoms in total. The standard InChI is InChI=1S/C20H24N4OS/c1-5-14(17-21-11-15(23-17)13-9-7-6-8-10-13)24-18(25)16-12-22-19(26-16)20(2,3)4/h6-12,14H,5H2,1-4H3,(H,21,23)(H,24,25). The number of thiazole rings is 1. The second-order valence-electron chi connectivity index (χ2n) is 7.26. The minimum Gasteiger partial charge on any atom is -0.341 e. The fraction of sp³-hybridized carbons (Fsp3) is 0.350. The lowest BCUT2D eigenvalue weighted by Crippen LogP contribution is -2.28. The molecule has 0 aliphatic rings. The predicted molar refractivity (Wildman–Crippen MR) is 105 cm³/mol. The van der Waals surface area contributed by atoms with E-state index in [1.807, 2.05) is 43.5 Å². The molecule has 1 unspecified atom stereocenters. The first kappa shape index (κ1) is 18.3. The van der Waals surface area contributed by atoms with Crippen molar-refractivity contribution in [3.8, 4) is 11.3 Å². The Bertz CT molecular complexity index is 877. The van der Waals surface area contributed by atoms with E-state index in [-0.39, 0.29) is 17.4 Å². The van der Waals surface area contributed by atoms with Gasteiger partial charge in [0, 0.05) is 5.41 Å². The summed E-state index contributed by atoms with van der Waals surface area (Å²) in [5, 5.41) is 4.02. The maximum atomic E-state index is 12.6. The highest BCUT2D eigenvalue weighted by atomic mass is 32.1. The number of H-pyrrole nitrogens is 1. The van der Waals surface area contributed by atoms with Gasteiger partial charge in [0.25, 0.3) is 5.91 Å². The normalized spacial score (nSPS) is 12.8. The molecule has 0 aliphatic heterocycles. The van der Waals surface area contributed by atoms with Crippen LogP contribution in [0.1, 0.15) is 60.7 Å². The van der Waals surface area contributed by atoms with Crippen molar-refractivity contribution in [1.29, 1.82) is 0 Å². The van der Waals surface area contributed by atoms with Crippen LogP contribution in [0.15, 0.2) is 42.7 Å². The summed E-state index contributed by atoms with van der Waals surface area (Å²) < 4.78 is 0. The molecule has 26 heavy (non-hydrogen) atoms. The smallest absolute Gasteiger partial charge is 0.263 e. The van der Waals surface area contributed by atoms with Crippen molar-refractivity contribution in [3.05, 3.63) is 58.4 Å². The maximum absolute atomic E-state index is 12.6. The summed E-state index contributed by atoms with van der Waals surface area (Å²) in [6.07, 6.45) is 4.22. The number of carbonyl (C=O) groups excluding carboxylic acids is 1. The van der Waals surface area contributed by atoms with Crippen LogP contribution < -0.4 is 5.32 Å². The van der Waals surface area contributed by atoms with Crippen molar-refractivity contribution >= 4 is 17.2 Å². The topological polar surface area (TPSA) is 70.7 Å². The summed E-state index contributed by atoms with van der Waals surface area (Å²) in [5.74, 6) is 0.655. The minimum absolute atomic E-state index is 0.0566. The van der Waals surface area contributed by atoms with Gasteiger partial charge in [-0.15, -0.1) is 11.3 Å². The van der Waals surface area contributed by atoms with E-state index in [1.54, 1.807) is 6.20 Å². The van der Waals surface area contributed by atoms with Crippen LogP contribution in [0.5, 0.6) is 0 Å². The number of imidazole rings is 1. The molecule has 0 saturated heterocycles. The summed E-state index contributed by atoms with van der Waals surface area (Å²) in [7, 11) is 0. The molecule has 0 radical (unpaired) electrons. The van der Waals surface area contributed by atoms with Crippen LogP contribution in [0.25, 0.3) is 11.3 Å². The lowest BCUT2D eigenvalue weighted by molar-refractivity contribution is 0.0938. The number of aromatic nitrogens is 3. The number of aromatic amines is 1. The van der Waals surface area contributed by atoms with Gasteiger partial charge < -0.3 is 10.3 Å². The van der Waals surface area contributed by atoms with Crippen LogP contribution in [0, 0.1) is 0 Å². The van der Waals surface area contributed by atoms with Crippen LogP contribution in [-0.2, 0) is 5.41 Å². The first-order valence-corrected chi connectivity index (χ1v) is 9.57. The molecular weight excluding hydrogens is 344 g/mol. The number of hydrogen-bond acceptors (Lipinski definition) is 4. The molecule has 6 heteroatoms. The molecule has 0 bridgehead atoms. The Kier molecular flexibility index (Phi) is 5.23. The molecule has 1 aromatic carbocycles. The van der Waals surface area contributed by atoms with Gasteiger partial charge in [-0.1, -0.05) is 58.0 Å². The first-order valence-electron chi connectivity index (χ1n) is 8.76. The molecule has 0 fully saturated rings. The largest absolute Gasteiger partial charge is 0.341 e. The predicted octanol–water partition coefficient (Wildman–Crippen LogP) is 4.71. The Hall–Kier alpha value is -2.47. The Morgan fingerprint density at radius 1 is 1.19 bits per heavy atom. The Labute approximate surface area is 157 Å². The van der Waals surface area contributed by atoms with E-state index in [0.29, 0.717) is 4.88 Å². The molecule has 1 atom stereocenters. The van der Waals surface area contributed by atoms with Crippen LogP contribution in [-0.4, -0.2) is 20.9 Å². The van der Waals surface area contributed by atoms with Gasteiger partial charge in [-0.05, 0) is 12.0 Å². The van der Waals surface area contributed by atoms with E-state index in [9.17, 15) is 4.79 Å². The molecule has 2 N–H and O–H groups in total. The number of amides is 1. The fourth-order valence-corrected chi connectivity index (χ4v) is 3.47. The second-order valence-corrected chi connectivity index (χ2v) is 8.29. The minimum atomic E-state index is -0.167. The third-order valence-electron chi connectivity index (χ3n) is 4.09. The highest BCUT2D eigenvalue weighted by Crippen LogP contribution is 2.27. The Morgan fingerprint density at radius 3 is 2.54 bits per heavy atom. The van der Waals surface area contributed by atoms with Crippen molar-refractivity contribution in [2.24, 2.45) is 0 Å². The quantitative estimate of drug-likeness (QED) is 0.685. The summed E-state index contributed by atoms with van der Waals surface area (Å²) in [6, 6.07) is 9.86. The Balaban J connectivity index is 1.74. The number of hydrogen-bond donors (Lipinski definition) is 2. The van der Waals surface area contributed by atoms with E-state index >= 15 is 0 Å². The summed E-state index contributed by atoms with van der Waals surface area (Å²) in [4.78, 5) is 25.4. The molecule has 136 valence electrons. The fourth-order valence-electron chi connectivity index (χ4n) is 2.60. The van der Waals surface area contributed by atoms with Crippen LogP contribution >= 0.6 is 11.3 Å². The van der Waals surface area contributed by atoms with Gasteiger partial charge >= 0.3 is 0 Å². The van der Waals surface area contributed by atoms with Gasteiger partial charge in [0.15, 0.2) is 0 Å². The molecular formula is C20H24N4OS. The van der Waals surface area contributed by atoms with Gasteiger partial charge in [0.05, 0.1) is 29.1 Å². The van der Waals surface area contributed by atoms with Gasteiger partial charge in [0.2, 0.25) is 0 Å². The molecule has 2 heterocycles. The third-order valence-corrected chi connectivity index (χ3v) is 5.52. The summed E-state index contributed by atoms with van der Waals surface area (Å²) in [5.41, 5.74) is 1.96. The van der Waals surface area contributed by atoms with Gasteiger partial charge in [-0.3, -0.25) is 4.79 Å². The zero-order valence-electron chi connectivity index (χ0n) is 15.5. The van der Waals surface area contributed by atoms with Crippen LogP contribution in [0.2, 0.25) is 0 Å². The second kappa shape index (κ2) is 7.41. The van der Waals surface area contributed by atoms with Gasteiger partial charge in [0.1, 0.15) is 10.7 Å². The number of benzene rings is 1. The van der Waals surface area contributed by atoms with E-state index in [2.05, 4.69) is 41.0 Å². The maximum Gasteiger partial charge on any atom is 0.263 e. The zero-order valence-corrected chi connectivity index (χ0v) is 16.4. The lowest BCUT2D eigenvalue weighted by Gasteiger charge is -2.14. The molecule has 3 aromatic rings. The number of nitrogens with zero attached hydrogens (tertiary/aromatic N) is 2. The van der Waals surface area contributed by atoms with E-state index in [4.69, 9.17) is 0 Å². The lowest BCUT2D eigenvalue weighted by atomic mass is 9.98. The number of carbonyl (C=O) groups is 1. The molecule has 0 spiro atoms. The van der Waals surface area contributed by atoms with Crippen molar-refractivity contribution in [1.82, 2.24) is 20.3 Å². The summed E-state index contributed by atoms with van der Waals surface area (Å²) in [6.45, 7) is 8.31. The van der Waals surface area contributed by atoms with Crippen LogP contribution in [0.3, 0.4) is 0 Å². The van der Waals surface area contributed by atoms with Gasteiger partial charge in [-0.25, -0.2) is 9.97 Å². The molecule has 0 aliphatic carbocycles. The van der Waals surface area contributed by atoms with Crippen molar-refractivity contribution in [2.75, 3.05) is 0 Å². The van der Waals surface area contributed by atoms with Gasteiger partial charge in [-0.2, -0.15) is 0 Å². The average Bonchev–Trinajstić information content (AvgIpc) is 3.29. The van der Waals surface area contributed by atoms with E-state index in [1.165, 1.54) is 11.3 Å². The summed E-state index contributed by atoms with van der Waals surface area (Å²) >= 11 is 1.44. The van der Waals surface area contributed by atoms with Crippen molar-refractivity contribution < 1.29 is 4.79 Å².